The van der Waals surface area contributed by atoms with Crippen molar-refractivity contribution in [3.63, 3.8) is 0 Å². The summed E-state index contributed by atoms with van der Waals surface area (Å²) in [5, 5.41) is 6.46. The van der Waals surface area contributed by atoms with E-state index < -0.39 is 24.2 Å². The third-order valence-corrected chi connectivity index (χ3v) is 18.0. The second-order valence-electron chi connectivity index (χ2n) is 13.1. The Kier molecular flexibility index (Phi) is 6.63. The van der Waals surface area contributed by atoms with Crippen LogP contribution < -0.4 is 20.7 Å². The van der Waals surface area contributed by atoms with E-state index in [2.05, 4.69) is 130 Å². The molecule has 0 radical (unpaired) electrons. The van der Waals surface area contributed by atoms with Crippen LogP contribution in [0.1, 0.15) is 38.8 Å². The van der Waals surface area contributed by atoms with Gasteiger partial charge in [-0.05, 0) is 40.2 Å². The van der Waals surface area contributed by atoms with Crippen molar-refractivity contribution < 1.29 is 0 Å². The van der Waals surface area contributed by atoms with Gasteiger partial charge in [-0.1, -0.05) is 138 Å². The van der Waals surface area contributed by atoms with Crippen LogP contribution in [0.4, 0.5) is 0 Å². The normalized spacial score (nSPS) is 19.8. The van der Waals surface area contributed by atoms with Crippen LogP contribution in [-0.2, 0) is 0 Å². The van der Waals surface area contributed by atoms with Gasteiger partial charge in [0.2, 0.25) is 0 Å². The maximum atomic E-state index is 2.66. The van der Waals surface area contributed by atoms with Gasteiger partial charge in [-0.25, -0.2) is 0 Å². The van der Waals surface area contributed by atoms with Gasteiger partial charge < -0.3 is 0 Å². The Morgan fingerprint density at radius 3 is 1.21 bits per heavy atom. The molecule has 33 heavy (non-hydrogen) atoms. The molecule has 1 atom stereocenters. The van der Waals surface area contributed by atoms with E-state index in [1.165, 1.54) is 22.3 Å². The minimum atomic E-state index is -2.21. The average Bonchev–Trinajstić information content (AvgIpc) is 2.88. The average molecular weight is 491 g/mol. The first-order valence-electron chi connectivity index (χ1n) is 12.5. The quantitative estimate of drug-likeness (QED) is 0.412. The second kappa shape index (κ2) is 8.35. The predicted octanol–water partition coefficient (Wildman–Crippen LogP) is 6.64. The van der Waals surface area contributed by atoms with Gasteiger partial charge in [-0.2, -0.15) is 0 Å². The van der Waals surface area contributed by atoms with Crippen molar-refractivity contribution in [3.05, 3.63) is 70.3 Å². The molecule has 0 amide bonds. The van der Waals surface area contributed by atoms with E-state index in [1.807, 2.05) is 0 Å². The van der Waals surface area contributed by atoms with Gasteiger partial charge >= 0.3 is 0 Å². The molecule has 2 aromatic carbocycles. The second-order valence-corrected chi connectivity index (χ2v) is 27.7. The fourth-order valence-electron chi connectivity index (χ4n) is 5.63. The zero-order valence-corrected chi connectivity index (χ0v) is 26.5. The Bertz CT molecular complexity index is 1090. The lowest BCUT2D eigenvalue weighted by atomic mass is 10.0. The van der Waals surface area contributed by atoms with Crippen molar-refractivity contribution in [2.24, 2.45) is 0 Å². The van der Waals surface area contributed by atoms with Crippen molar-refractivity contribution in [1.82, 2.24) is 0 Å². The standard InChI is InChI=1S/C30H46Si3/c1-21-14-26(31(7,8)9)18-28(16-21)33(13,30(6)20-23(3)24(4)25(30)5)29-17-22(2)15-27(19-29)32(10,11)12/h14-20H,1-13H3. The van der Waals surface area contributed by atoms with Crippen molar-refractivity contribution in [2.45, 2.75) is 92.4 Å². The Hall–Kier alpha value is -1.43. The molecule has 1 unspecified atom stereocenters. The van der Waals surface area contributed by atoms with Crippen LogP contribution in [0.25, 0.3) is 0 Å². The summed E-state index contributed by atoms with van der Waals surface area (Å²) in [6.07, 6.45) is 2.62. The lowest BCUT2D eigenvalue weighted by molar-refractivity contribution is 0.865. The Balaban J connectivity index is 2.46. The van der Waals surface area contributed by atoms with Gasteiger partial charge in [-0.3, -0.25) is 0 Å². The molecule has 0 spiro atoms. The molecular weight excluding hydrogens is 445 g/mol. The summed E-state index contributed by atoms with van der Waals surface area (Å²) in [6.45, 7) is 31.7. The topological polar surface area (TPSA) is 0 Å². The number of aryl methyl sites for hydroxylation is 2. The lowest BCUT2D eigenvalue weighted by Gasteiger charge is -2.45. The van der Waals surface area contributed by atoms with E-state index in [0.29, 0.717) is 0 Å². The number of rotatable bonds is 5. The highest BCUT2D eigenvalue weighted by molar-refractivity contribution is 7.05. The summed E-state index contributed by atoms with van der Waals surface area (Å²) in [5.74, 6) is 0. The monoisotopic (exact) mass is 490 g/mol. The molecule has 2 aromatic rings. The van der Waals surface area contributed by atoms with Crippen molar-refractivity contribution in [2.75, 3.05) is 0 Å². The molecule has 178 valence electrons. The van der Waals surface area contributed by atoms with Gasteiger partial charge in [0.05, 0.1) is 16.1 Å². The van der Waals surface area contributed by atoms with Crippen LogP contribution in [0.15, 0.2) is 59.2 Å². The first-order chi connectivity index (χ1) is 14.9. The van der Waals surface area contributed by atoms with Gasteiger partial charge in [0, 0.05) is 5.04 Å². The fourth-order valence-corrected chi connectivity index (χ4v) is 13.3. The third kappa shape index (κ3) is 4.49. The molecule has 0 N–H and O–H groups in total. The molecule has 0 aliphatic heterocycles. The summed E-state index contributed by atoms with van der Waals surface area (Å²) in [4.78, 5) is 0. The molecule has 0 heterocycles. The van der Waals surface area contributed by atoms with Gasteiger partial charge in [0.25, 0.3) is 0 Å². The van der Waals surface area contributed by atoms with Crippen molar-refractivity contribution >= 4 is 45.0 Å². The zero-order valence-electron chi connectivity index (χ0n) is 23.5. The highest BCUT2D eigenvalue weighted by atomic mass is 28.3. The van der Waals surface area contributed by atoms with E-state index in [9.17, 15) is 0 Å². The number of hydrogen-bond acceptors (Lipinski definition) is 0. The molecule has 0 saturated carbocycles. The summed E-state index contributed by atoms with van der Waals surface area (Å²) in [7, 11) is -5.08. The summed E-state index contributed by atoms with van der Waals surface area (Å²) < 4.78 is 0. The first-order valence-corrected chi connectivity index (χ1v) is 22.0. The fraction of sp³-hybridized carbons (Fsp3) is 0.467. The largest absolute Gasteiger partial charge is 0.128 e. The molecule has 0 fully saturated rings. The van der Waals surface area contributed by atoms with Crippen LogP contribution in [0.2, 0.25) is 50.9 Å². The molecule has 3 heteroatoms. The van der Waals surface area contributed by atoms with E-state index in [4.69, 9.17) is 0 Å². The number of hydrogen-bond donors (Lipinski definition) is 0. The number of benzene rings is 2. The van der Waals surface area contributed by atoms with Gasteiger partial charge in [0.15, 0.2) is 0 Å². The Morgan fingerprint density at radius 1 is 0.545 bits per heavy atom. The molecule has 1 aliphatic rings. The highest BCUT2D eigenvalue weighted by Gasteiger charge is 2.52. The molecule has 0 aromatic heterocycles. The molecule has 1 aliphatic carbocycles. The van der Waals surface area contributed by atoms with Crippen LogP contribution in [-0.4, -0.2) is 24.2 Å². The molecule has 0 nitrogen and oxygen atoms in total. The smallest absolute Gasteiger partial charge is 0.0733 e. The van der Waals surface area contributed by atoms with Crippen LogP contribution in [0.3, 0.4) is 0 Å². The van der Waals surface area contributed by atoms with E-state index in [1.54, 1.807) is 26.3 Å². The maximum Gasteiger partial charge on any atom is 0.128 e. The van der Waals surface area contributed by atoms with Crippen LogP contribution in [0.5, 0.6) is 0 Å². The summed E-state index contributed by atoms with van der Waals surface area (Å²) in [5.41, 5.74) is 7.36. The Labute approximate surface area is 207 Å². The van der Waals surface area contributed by atoms with E-state index in [0.717, 1.165) is 0 Å². The highest BCUT2D eigenvalue weighted by Crippen LogP contribution is 2.52. The maximum absolute atomic E-state index is 2.66. The first kappa shape index (κ1) is 26.2. The predicted molar refractivity (Wildman–Crippen MR) is 160 cm³/mol. The van der Waals surface area contributed by atoms with Gasteiger partial charge in [-0.15, -0.1) is 0 Å². The van der Waals surface area contributed by atoms with E-state index in [-0.39, 0.29) is 5.04 Å². The van der Waals surface area contributed by atoms with Crippen molar-refractivity contribution in [1.29, 1.82) is 0 Å². The SMILES string of the molecule is CC1=CC(C)([Si](C)(c2cc(C)cc([Si](C)(C)C)c2)c2cc(C)cc([Si](C)(C)C)c2)C(C)=C1C. The van der Waals surface area contributed by atoms with Crippen molar-refractivity contribution in [3.8, 4) is 0 Å². The lowest BCUT2D eigenvalue weighted by Crippen LogP contribution is -2.65. The van der Waals surface area contributed by atoms with Crippen LogP contribution >= 0.6 is 0 Å². The van der Waals surface area contributed by atoms with Gasteiger partial charge in [0.1, 0.15) is 8.07 Å². The minimum absolute atomic E-state index is 0.0656. The minimum Gasteiger partial charge on any atom is -0.0733 e. The van der Waals surface area contributed by atoms with E-state index >= 15 is 0 Å². The zero-order chi connectivity index (χ0) is 25.1. The van der Waals surface area contributed by atoms with Crippen LogP contribution in [0, 0.1) is 13.8 Å². The third-order valence-electron chi connectivity index (χ3n) is 8.52. The summed E-state index contributed by atoms with van der Waals surface area (Å²) in [6, 6.07) is 15.2. The number of allylic oxidation sites excluding steroid dienone is 4. The molecule has 0 bridgehead atoms. The molecule has 0 saturated heterocycles. The molecule has 3 rings (SSSR count). The summed E-state index contributed by atoms with van der Waals surface area (Å²) >= 11 is 0. The molecular formula is C30H46Si3. The Morgan fingerprint density at radius 2 is 0.909 bits per heavy atom.